The predicted octanol–water partition coefficient (Wildman–Crippen LogP) is 3.17. The highest BCUT2D eigenvalue weighted by atomic mass is 35.5. The number of carbonyl (C=O) groups is 1. The van der Waals surface area contributed by atoms with Crippen molar-refractivity contribution in [3.63, 3.8) is 0 Å². The molecular weight excluding hydrogens is 445 g/mol. The van der Waals surface area contributed by atoms with Gasteiger partial charge in [-0.2, -0.15) is 0 Å². The smallest absolute Gasteiger partial charge is 0.248 e. The molecule has 168 valence electrons. The van der Waals surface area contributed by atoms with E-state index in [1.165, 1.54) is 12.4 Å². The van der Waals surface area contributed by atoms with Crippen LogP contribution < -0.4 is 16.0 Å². The summed E-state index contributed by atoms with van der Waals surface area (Å²) in [4.78, 5) is 26.5. The highest BCUT2D eigenvalue weighted by Crippen LogP contribution is 2.32. The Kier molecular flexibility index (Phi) is 5.53. The first-order valence-electron chi connectivity index (χ1n) is 10.5. The molecule has 2 aromatic heterocycles. The number of imidazole rings is 1. The van der Waals surface area contributed by atoms with Crippen molar-refractivity contribution in [2.45, 2.75) is 12.5 Å². The van der Waals surface area contributed by atoms with Crippen molar-refractivity contribution in [1.82, 2.24) is 30.2 Å². The van der Waals surface area contributed by atoms with Crippen LogP contribution in [-0.4, -0.2) is 50.6 Å². The number of amides is 1. The van der Waals surface area contributed by atoms with Crippen molar-refractivity contribution >= 4 is 34.5 Å². The second-order valence-corrected chi connectivity index (χ2v) is 8.23. The molecule has 0 unspecified atom stereocenters. The number of anilines is 1. The maximum Gasteiger partial charge on any atom is 0.248 e. The Morgan fingerprint density at radius 2 is 1.94 bits per heavy atom. The Morgan fingerprint density at radius 1 is 1.18 bits per heavy atom. The van der Waals surface area contributed by atoms with E-state index in [0.29, 0.717) is 52.9 Å². The van der Waals surface area contributed by atoms with Gasteiger partial charge in [-0.05, 0) is 42.9 Å². The maximum absolute atomic E-state index is 14.8. The van der Waals surface area contributed by atoms with Gasteiger partial charge in [0, 0.05) is 23.8 Å². The minimum atomic E-state index is -0.709. The Labute approximate surface area is 194 Å². The molecule has 0 radical (unpaired) electrons. The predicted molar refractivity (Wildman–Crippen MR) is 125 cm³/mol. The van der Waals surface area contributed by atoms with Crippen molar-refractivity contribution in [2.24, 2.45) is 0 Å². The molecule has 1 aliphatic heterocycles. The van der Waals surface area contributed by atoms with Gasteiger partial charge in [0.1, 0.15) is 23.5 Å². The Bertz CT molecular complexity index is 1330. The summed E-state index contributed by atoms with van der Waals surface area (Å²) in [5, 5.41) is 9.84. The van der Waals surface area contributed by atoms with Crippen LogP contribution in [0, 0.1) is 5.82 Å². The number of nitrogens with one attached hydrogen (secondary N) is 3. The van der Waals surface area contributed by atoms with Crippen LogP contribution in [0.25, 0.3) is 28.2 Å². The summed E-state index contributed by atoms with van der Waals surface area (Å²) in [7, 11) is 0. The van der Waals surface area contributed by atoms with Crippen LogP contribution in [0.5, 0.6) is 0 Å². The second kappa shape index (κ2) is 8.51. The number of benzene rings is 2. The van der Waals surface area contributed by atoms with Crippen LogP contribution in [0.1, 0.15) is 6.92 Å². The largest absolute Gasteiger partial charge is 0.312 e. The molecule has 0 aliphatic carbocycles. The van der Waals surface area contributed by atoms with Gasteiger partial charge in [-0.25, -0.2) is 19.3 Å². The molecule has 3 heterocycles. The molecule has 1 aliphatic rings. The Balaban J connectivity index is 1.67. The lowest BCUT2D eigenvalue weighted by atomic mass is 9.91. The summed E-state index contributed by atoms with van der Waals surface area (Å²) < 4.78 is 16.5. The van der Waals surface area contributed by atoms with Crippen LogP contribution in [0.15, 0.2) is 54.9 Å². The Hall–Kier alpha value is -3.40. The first kappa shape index (κ1) is 21.4. The third-order valence-electron chi connectivity index (χ3n) is 5.68. The fraction of sp³-hybridized carbons (Fsp3) is 0.217. The van der Waals surface area contributed by atoms with E-state index >= 15 is 0 Å². The first-order valence-corrected chi connectivity index (χ1v) is 10.9. The van der Waals surface area contributed by atoms with Crippen molar-refractivity contribution < 1.29 is 9.18 Å². The highest BCUT2D eigenvalue weighted by Gasteiger charge is 2.44. The van der Waals surface area contributed by atoms with E-state index in [1.54, 1.807) is 47.0 Å². The van der Waals surface area contributed by atoms with Gasteiger partial charge in [-0.1, -0.05) is 30.7 Å². The summed E-state index contributed by atoms with van der Waals surface area (Å²) >= 11 is 6.07. The van der Waals surface area contributed by atoms with Gasteiger partial charge >= 0.3 is 0 Å². The molecule has 0 atom stereocenters. The lowest BCUT2D eigenvalue weighted by Crippen LogP contribution is -2.73. The van der Waals surface area contributed by atoms with Gasteiger partial charge in [0.05, 0.1) is 5.56 Å². The molecule has 4 aromatic rings. The van der Waals surface area contributed by atoms with E-state index < -0.39 is 11.4 Å². The van der Waals surface area contributed by atoms with Crippen molar-refractivity contribution in [3.05, 3.63) is 65.7 Å². The van der Waals surface area contributed by atoms with Gasteiger partial charge in [-0.15, -0.1) is 0 Å². The number of nitrogens with zero attached hydrogens (tertiary/aromatic N) is 4. The van der Waals surface area contributed by atoms with Crippen molar-refractivity contribution in [2.75, 3.05) is 25.0 Å². The standard InChI is InChI=1S/C23H21ClFN7O/c1-2-29-23(11-26-12-23)22(33)31-19-18-21(28-13-27-19)32(15-9-7-14(24)8-10-15)20(30-18)16-5-3-4-6-17(16)25/h3-10,13,26,29H,2,11-12H2,1H3,(H,27,28,31,33). The molecule has 0 spiro atoms. The van der Waals surface area contributed by atoms with Gasteiger partial charge in [0.2, 0.25) is 5.91 Å². The molecule has 0 saturated carbocycles. The molecule has 2 aromatic carbocycles. The van der Waals surface area contributed by atoms with Crippen molar-refractivity contribution in [3.8, 4) is 17.1 Å². The van der Waals surface area contributed by atoms with Crippen LogP contribution in [0.4, 0.5) is 10.2 Å². The maximum atomic E-state index is 14.8. The summed E-state index contributed by atoms with van der Waals surface area (Å²) in [6.07, 6.45) is 1.36. The van der Waals surface area contributed by atoms with Gasteiger partial charge < -0.3 is 16.0 Å². The first-order chi connectivity index (χ1) is 16.0. The second-order valence-electron chi connectivity index (χ2n) is 7.79. The molecule has 8 nitrogen and oxygen atoms in total. The zero-order valence-corrected chi connectivity index (χ0v) is 18.5. The van der Waals surface area contributed by atoms with E-state index in [4.69, 9.17) is 11.6 Å². The lowest BCUT2D eigenvalue weighted by Gasteiger charge is -2.41. The van der Waals surface area contributed by atoms with Crippen LogP contribution in [0.2, 0.25) is 5.02 Å². The molecule has 33 heavy (non-hydrogen) atoms. The Morgan fingerprint density at radius 3 is 2.61 bits per heavy atom. The number of carbonyl (C=O) groups excluding carboxylic acids is 1. The molecule has 1 fully saturated rings. The van der Waals surface area contributed by atoms with Gasteiger partial charge in [0.15, 0.2) is 17.0 Å². The monoisotopic (exact) mass is 465 g/mol. The van der Waals surface area contributed by atoms with E-state index in [9.17, 15) is 9.18 Å². The summed E-state index contributed by atoms with van der Waals surface area (Å²) in [6.45, 7) is 3.63. The quantitative estimate of drug-likeness (QED) is 0.405. The average molecular weight is 466 g/mol. The minimum Gasteiger partial charge on any atom is -0.312 e. The third-order valence-corrected chi connectivity index (χ3v) is 5.93. The SMILES string of the molecule is CCNC1(C(=O)Nc2ncnc3c2nc(-c2ccccc2F)n3-c2ccc(Cl)cc2)CNC1. The molecule has 0 bridgehead atoms. The molecule has 1 saturated heterocycles. The molecule has 5 rings (SSSR count). The number of hydrogen-bond donors (Lipinski definition) is 3. The number of fused-ring (bicyclic) bond motifs is 1. The lowest BCUT2D eigenvalue weighted by molar-refractivity contribution is -0.124. The number of aromatic nitrogens is 4. The summed E-state index contributed by atoms with van der Waals surface area (Å²) in [5.41, 5.74) is 1.08. The molecule has 1 amide bonds. The van der Waals surface area contributed by atoms with Crippen LogP contribution >= 0.6 is 11.6 Å². The fourth-order valence-corrected chi connectivity index (χ4v) is 4.07. The van der Waals surface area contributed by atoms with Crippen LogP contribution in [0.3, 0.4) is 0 Å². The number of likely N-dealkylation sites (N-methyl/N-ethyl adjacent to an activating group) is 1. The van der Waals surface area contributed by atoms with Crippen molar-refractivity contribution in [1.29, 1.82) is 0 Å². The molecule has 10 heteroatoms. The number of rotatable bonds is 6. The minimum absolute atomic E-state index is 0.211. The third kappa shape index (κ3) is 3.74. The summed E-state index contributed by atoms with van der Waals surface area (Å²) in [5.74, 6) is -0.0302. The zero-order valence-electron chi connectivity index (χ0n) is 17.8. The van der Waals surface area contributed by atoms with Gasteiger partial charge in [0.25, 0.3) is 0 Å². The van der Waals surface area contributed by atoms with Crippen LogP contribution in [-0.2, 0) is 4.79 Å². The van der Waals surface area contributed by atoms with E-state index in [1.807, 2.05) is 6.92 Å². The number of halogens is 2. The molecular formula is C23H21ClFN7O. The topological polar surface area (TPSA) is 96.8 Å². The zero-order chi connectivity index (χ0) is 23.0. The van der Waals surface area contributed by atoms with Gasteiger partial charge in [-0.3, -0.25) is 9.36 Å². The highest BCUT2D eigenvalue weighted by molar-refractivity contribution is 6.30. The molecule has 3 N–H and O–H groups in total. The summed E-state index contributed by atoms with van der Waals surface area (Å²) in [6, 6.07) is 13.5. The van der Waals surface area contributed by atoms with E-state index in [-0.39, 0.29) is 11.7 Å². The normalized spacial score (nSPS) is 14.8. The average Bonchev–Trinajstić information content (AvgIpc) is 3.17. The van der Waals surface area contributed by atoms with E-state index in [2.05, 4.69) is 30.9 Å². The number of hydrogen-bond acceptors (Lipinski definition) is 6. The van der Waals surface area contributed by atoms with E-state index in [0.717, 1.165) is 0 Å². The fourth-order valence-electron chi connectivity index (χ4n) is 3.95.